The number of hydrogen-bond donors (Lipinski definition) is 3. The molecule has 0 spiro atoms. The van der Waals surface area contributed by atoms with Crippen molar-refractivity contribution in [2.24, 2.45) is 0 Å². The van der Waals surface area contributed by atoms with E-state index in [1.807, 2.05) is 45.0 Å². The Labute approximate surface area is 141 Å². The minimum absolute atomic E-state index is 0.0420. The number of nitrogens with zero attached hydrogens (tertiary/aromatic N) is 2. The molecule has 0 saturated carbocycles. The van der Waals surface area contributed by atoms with Gasteiger partial charge < -0.3 is 15.5 Å². The average molecular weight is 336 g/mol. The van der Waals surface area contributed by atoms with Crippen LogP contribution in [-0.4, -0.2) is 36.4 Å². The molecule has 6 nitrogen and oxygen atoms in total. The molecule has 2 aromatic rings. The Morgan fingerprint density at radius 1 is 1.39 bits per heavy atom. The second-order valence-electron chi connectivity index (χ2n) is 5.80. The van der Waals surface area contributed by atoms with Gasteiger partial charge in [-0.05, 0) is 38.1 Å². The molecule has 1 aromatic carbocycles. The number of H-pyrrole nitrogens is 1. The molecule has 3 N–H and O–H groups in total. The fourth-order valence-corrected chi connectivity index (χ4v) is 2.50. The van der Waals surface area contributed by atoms with Crippen molar-refractivity contribution in [3.8, 4) is 0 Å². The maximum atomic E-state index is 12.2. The minimum atomic E-state index is -0.268. The first-order valence-corrected chi connectivity index (χ1v) is 7.78. The number of hydrogen-bond acceptors (Lipinski definition) is 3. The fourth-order valence-electron chi connectivity index (χ4n) is 2.32. The van der Waals surface area contributed by atoms with E-state index in [-0.39, 0.29) is 12.1 Å². The molecule has 2 rings (SSSR count). The van der Waals surface area contributed by atoms with Gasteiger partial charge in [0.1, 0.15) is 0 Å². The van der Waals surface area contributed by atoms with E-state index in [9.17, 15) is 4.79 Å². The Kier molecular flexibility index (Phi) is 5.50. The van der Waals surface area contributed by atoms with E-state index < -0.39 is 0 Å². The van der Waals surface area contributed by atoms with Crippen LogP contribution in [0.1, 0.15) is 18.3 Å². The second kappa shape index (κ2) is 7.37. The molecule has 2 amide bonds. The Hall–Kier alpha value is -2.21. The Balaban J connectivity index is 1.98. The minimum Gasteiger partial charge on any atom is -0.376 e. The Morgan fingerprint density at radius 2 is 2.13 bits per heavy atom. The van der Waals surface area contributed by atoms with Gasteiger partial charge in [-0.1, -0.05) is 11.6 Å². The van der Waals surface area contributed by atoms with E-state index >= 15 is 0 Å². The molecule has 0 unspecified atom stereocenters. The number of aromatic amines is 1. The number of urea groups is 1. The SMILES string of the molecule is Cc1cc(C[C@@H](C)NC(=O)Nc2cc(Cl)ccc2N(C)C)n[nH]1. The molecule has 0 bridgehead atoms. The molecule has 0 aliphatic carbocycles. The van der Waals surface area contributed by atoms with Gasteiger partial charge in [0.25, 0.3) is 0 Å². The number of nitrogens with one attached hydrogen (secondary N) is 3. The van der Waals surface area contributed by atoms with Crippen LogP contribution in [0.5, 0.6) is 0 Å². The van der Waals surface area contributed by atoms with Crippen LogP contribution in [0, 0.1) is 6.92 Å². The van der Waals surface area contributed by atoms with Crippen molar-refractivity contribution in [1.29, 1.82) is 0 Å². The number of anilines is 2. The van der Waals surface area contributed by atoms with Crippen LogP contribution in [0.15, 0.2) is 24.3 Å². The molecule has 124 valence electrons. The third-order valence-corrected chi connectivity index (χ3v) is 3.58. The van der Waals surface area contributed by atoms with Gasteiger partial charge in [0.15, 0.2) is 0 Å². The van der Waals surface area contributed by atoms with Gasteiger partial charge in [0.2, 0.25) is 0 Å². The highest BCUT2D eigenvalue weighted by molar-refractivity contribution is 6.31. The summed E-state index contributed by atoms with van der Waals surface area (Å²) in [6.07, 6.45) is 0.661. The second-order valence-corrected chi connectivity index (χ2v) is 6.24. The summed E-state index contributed by atoms with van der Waals surface area (Å²) in [7, 11) is 3.82. The van der Waals surface area contributed by atoms with Crippen LogP contribution in [0.25, 0.3) is 0 Å². The molecule has 7 heteroatoms. The van der Waals surface area contributed by atoms with Crippen LogP contribution in [0.4, 0.5) is 16.2 Å². The van der Waals surface area contributed by atoms with E-state index in [4.69, 9.17) is 11.6 Å². The highest BCUT2D eigenvalue weighted by Gasteiger charge is 2.12. The van der Waals surface area contributed by atoms with Crippen LogP contribution < -0.4 is 15.5 Å². The number of halogens is 1. The topological polar surface area (TPSA) is 73.1 Å². The van der Waals surface area contributed by atoms with Crippen molar-refractivity contribution in [2.45, 2.75) is 26.3 Å². The van der Waals surface area contributed by atoms with Gasteiger partial charge in [0, 0.05) is 37.3 Å². The van der Waals surface area contributed by atoms with Gasteiger partial charge >= 0.3 is 6.03 Å². The van der Waals surface area contributed by atoms with Crippen LogP contribution in [-0.2, 0) is 6.42 Å². The molecule has 0 fully saturated rings. The molecule has 0 radical (unpaired) electrons. The van der Waals surface area contributed by atoms with Crippen molar-refractivity contribution in [1.82, 2.24) is 15.5 Å². The van der Waals surface area contributed by atoms with Gasteiger partial charge in [-0.2, -0.15) is 5.10 Å². The molecule has 0 aliphatic rings. The standard InChI is InChI=1S/C16H22ClN5O/c1-10(7-13-8-11(2)20-21-13)18-16(23)19-14-9-12(17)5-6-15(14)22(3)4/h5-6,8-10H,7H2,1-4H3,(H,20,21)(H2,18,19,23)/t10-/m1/s1. The highest BCUT2D eigenvalue weighted by Crippen LogP contribution is 2.27. The maximum Gasteiger partial charge on any atom is 0.319 e. The smallest absolute Gasteiger partial charge is 0.319 e. The van der Waals surface area contributed by atoms with E-state index in [1.165, 1.54) is 0 Å². The Bertz CT molecular complexity index is 683. The average Bonchev–Trinajstić information content (AvgIpc) is 2.83. The van der Waals surface area contributed by atoms with Gasteiger partial charge in [-0.15, -0.1) is 0 Å². The van der Waals surface area contributed by atoms with E-state index in [0.29, 0.717) is 17.1 Å². The quantitative estimate of drug-likeness (QED) is 0.785. The maximum absolute atomic E-state index is 12.2. The first-order chi connectivity index (χ1) is 10.8. The predicted molar refractivity (Wildman–Crippen MR) is 94.4 cm³/mol. The summed E-state index contributed by atoms with van der Waals surface area (Å²) < 4.78 is 0. The molecule has 0 saturated heterocycles. The number of benzene rings is 1. The number of carbonyl (C=O) groups is 1. The summed E-state index contributed by atoms with van der Waals surface area (Å²) in [6, 6.07) is 7.06. The lowest BCUT2D eigenvalue weighted by Crippen LogP contribution is -2.37. The molecule has 1 atom stereocenters. The largest absolute Gasteiger partial charge is 0.376 e. The normalized spacial score (nSPS) is 11.9. The van der Waals surface area contributed by atoms with Crippen molar-refractivity contribution in [3.05, 3.63) is 40.7 Å². The summed E-state index contributed by atoms with van der Waals surface area (Å²) in [5.74, 6) is 0. The van der Waals surface area contributed by atoms with Gasteiger partial charge in [-0.3, -0.25) is 5.10 Å². The zero-order chi connectivity index (χ0) is 17.0. The third kappa shape index (κ3) is 4.89. The zero-order valence-corrected chi connectivity index (χ0v) is 14.5. The summed E-state index contributed by atoms with van der Waals surface area (Å²) >= 11 is 6.02. The van der Waals surface area contributed by atoms with Crippen LogP contribution >= 0.6 is 11.6 Å². The first kappa shape index (κ1) is 17.1. The lowest BCUT2D eigenvalue weighted by molar-refractivity contribution is 0.249. The van der Waals surface area contributed by atoms with Crippen molar-refractivity contribution in [3.63, 3.8) is 0 Å². The first-order valence-electron chi connectivity index (χ1n) is 7.40. The molecular formula is C16H22ClN5O. The van der Waals surface area contributed by atoms with E-state index in [2.05, 4.69) is 20.8 Å². The van der Waals surface area contributed by atoms with Crippen molar-refractivity contribution < 1.29 is 4.79 Å². The monoisotopic (exact) mass is 335 g/mol. The lowest BCUT2D eigenvalue weighted by atomic mass is 10.2. The fraction of sp³-hybridized carbons (Fsp3) is 0.375. The molecule has 23 heavy (non-hydrogen) atoms. The highest BCUT2D eigenvalue weighted by atomic mass is 35.5. The van der Waals surface area contributed by atoms with Crippen LogP contribution in [0.3, 0.4) is 0 Å². The number of carbonyl (C=O) groups excluding carboxylic acids is 1. The number of aryl methyl sites for hydroxylation is 1. The molecule has 1 aromatic heterocycles. The summed E-state index contributed by atoms with van der Waals surface area (Å²) in [5, 5.41) is 13.4. The molecular weight excluding hydrogens is 314 g/mol. The predicted octanol–water partition coefficient (Wildman–Crippen LogP) is 3.19. The van der Waals surface area contributed by atoms with E-state index in [0.717, 1.165) is 17.1 Å². The summed E-state index contributed by atoms with van der Waals surface area (Å²) in [5.41, 5.74) is 3.49. The Morgan fingerprint density at radius 3 is 2.74 bits per heavy atom. The van der Waals surface area contributed by atoms with Crippen molar-refractivity contribution in [2.75, 3.05) is 24.3 Å². The summed E-state index contributed by atoms with van der Waals surface area (Å²) in [4.78, 5) is 14.1. The third-order valence-electron chi connectivity index (χ3n) is 3.34. The number of rotatable bonds is 5. The zero-order valence-electron chi connectivity index (χ0n) is 13.8. The van der Waals surface area contributed by atoms with Crippen molar-refractivity contribution >= 4 is 29.0 Å². The molecule has 1 heterocycles. The number of aromatic nitrogens is 2. The van der Waals surface area contributed by atoms with E-state index in [1.54, 1.807) is 12.1 Å². The van der Waals surface area contributed by atoms with Gasteiger partial charge in [0.05, 0.1) is 17.1 Å². The van der Waals surface area contributed by atoms with Gasteiger partial charge in [-0.25, -0.2) is 4.79 Å². The molecule has 0 aliphatic heterocycles. The number of amides is 2. The van der Waals surface area contributed by atoms with Crippen LogP contribution in [0.2, 0.25) is 5.02 Å². The summed E-state index contributed by atoms with van der Waals surface area (Å²) in [6.45, 7) is 3.89. The lowest BCUT2D eigenvalue weighted by Gasteiger charge is -2.19.